The van der Waals surface area contributed by atoms with Crippen molar-refractivity contribution in [2.24, 2.45) is 10.9 Å². The maximum Gasteiger partial charge on any atom is 0.314 e. The fourth-order valence-electron chi connectivity index (χ4n) is 2.29. The lowest BCUT2D eigenvalue weighted by molar-refractivity contribution is -0.384. The first-order valence-electron chi connectivity index (χ1n) is 6.28. The molecule has 8 heteroatoms. The number of nitrogens with one attached hydrogen (secondary N) is 1. The molecule has 1 aromatic rings. The van der Waals surface area contributed by atoms with Crippen molar-refractivity contribution in [1.29, 1.82) is 0 Å². The van der Waals surface area contributed by atoms with E-state index >= 15 is 0 Å². The molecule has 8 nitrogen and oxygen atoms in total. The summed E-state index contributed by atoms with van der Waals surface area (Å²) in [4.78, 5) is 26.0. The summed E-state index contributed by atoms with van der Waals surface area (Å²) in [6.45, 7) is 1.71. The Morgan fingerprint density at radius 3 is 2.81 bits per heavy atom. The zero-order valence-corrected chi connectivity index (χ0v) is 11.5. The Kier molecular flexibility index (Phi) is 4.29. The molecule has 112 valence electrons. The molecule has 1 aromatic carbocycles. The van der Waals surface area contributed by atoms with Gasteiger partial charge in [-0.1, -0.05) is 12.1 Å². The van der Waals surface area contributed by atoms with Crippen molar-refractivity contribution < 1.29 is 19.6 Å². The smallest absolute Gasteiger partial charge is 0.314 e. The molecule has 1 aliphatic rings. The number of hydrogen-bond acceptors (Lipinski definition) is 6. The molecule has 2 N–H and O–H groups in total. The van der Waals surface area contributed by atoms with Crippen molar-refractivity contribution >= 4 is 17.4 Å². The molecule has 2 rings (SSSR count). The van der Waals surface area contributed by atoms with Crippen LogP contribution in [-0.2, 0) is 9.53 Å². The monoisotopic (exact) mass is 293 g/mol. The highest BCUT2D eigenvalue weighted by atomic mass is 16.6. The summed E-state index contributed by atoms with van der Waals surface area (Å²) in [5, 5.41) is 23.1. The molecule has 1 heterocycles. The molecule has 0 aromatic heterocycles. The van der Waals surface area contributed by atoms with Gasteiger partial charge in [0.1, 0.15) is 5.92 Å². The zero-order valence-electron chi connectivity index (χ0n) is 11.5. The highest BCUT2D eigenvalue weighted by Gasteiger charge is 2.36. The van der Waals surface area contributed by atoms with E-state index in [0.717, 1.165) is 0 Å². The van der Waals surface area contributed by atoms with Crippen molar-refractivity contribution in [3.63, 3.8) is 0 Å². The maximum atomic E-state index is 11.5. The summed E-state index contributed by atoms with van der Waals surface area (Å²) in [6, 6.07) is 5.35. The highest BCUT2D eigenvalue weighted by Crippen LogP contribution is 2.23. The van der Waals surface area contributed by atoms with E-state index in [-0.39, 0.29) is 11.4 Å². The highest BCUT2D eigenvalue weighted by molar-refractivity contribution is 6.12. The lowest BCUT2D eigenvalue weighted by atomic mass is 9.89. The van der Waals surface area contributed by atoms with Crippen LogP contribution in [0.15, 0.2) is 29.3 Å². The third kappa shape index (κ3) is 3.06. The van der Waals surface area contributed by atoms with E-state index < -0.39 is 29.2 Å². The Balaban J connectivity index is 2.50. The van der Waals surface area contributed by atoms with E-state index in [1.165, 1.54) is 25.3 Å². The van der Waals surface area contributed by atoms with Crippen LogP contribution in [0.4, 0.5) is 5.69 Å². The Bertz CT molecular complexity index is 601. The van der Waals surface area contributed by atoms with Crippen LogP contribution in [0.1, 0.15) is 12.5 Å². The lowest BCUT2D eigenvalue weighted by Gasteiger charge is -2.31. The fraction of sp³-hybridized carbons (Fsp3) is 0.385. The van der Waals surface area contributed by atoms with Gasteiger partial charge in [0.2, 0.25) is 6.35 Å². The van der Waals surface area contributed by atoms with E-state index in [4.69, 9.17) is 4.74 Å². The van der Waals surface area contributed by atoms with Gasteiger partial charge in [-0.05, 0) is 6.92 Å². The number of aliphatic imine (C=N–C) groups is 1. The number of nitro groups is 1. The molecule has 0 amide bonds. The Hall–Kier alpha value is -2.32. The quantitative estimate of drug-likeness (QED) is 0.632. The first kappa shape index (κ1) is 15.1. The molecule has 3 atom stereocenters. The molecule has 0 fully saturated rings. The van der Waals surface area contributed by atoms with Crippen molar-refractivity contribution in [2.75, 3.05) is 7.11 Å². The van der Waals surface area contributed by atoms with E-state index in [1.54, 1.807) is 13.0 Å². The molecule has 21 heavy (non-hydrogen) atoms. The molecule has 0 radical (unpaired) electrons. The van der Waals surface area contributed by atoms with Gasteiger partial charge in [0, 0.05) is 30.8 Å². The van der Waals surface area contributed by atoms with E-state index in [0.29, 0.717) is 5.56 Å². The third-order valence-corrected chi connectivity index (χ3v) is 3.30. The zero-order chi connectivity index (χ0) is 15.6. The number of rotatable bonds is 4. The molecule has 3 unspecified atom stereocenters. The Morgan fingerprint density at radius 2 is 2.24 bits per heavy atom. The second-order valence-corrected chi connectivity index (χ2v) is 4.68. The number of carboxylic acids is 1. The lowest BCUT2D eigenvalue weighted by Crippen LogP contribution is -2.51. The molecular weight excluding hydrogens is 278 g/mol. The second-order valence-electron chi connectivity index (χ2n) is 4.68. The van der Waals surface area contributed by atoms with E-state index in [2.05, 4.69) is 10.3 Å². The maximum absolute atomic E-state index is 11.5. The number of methoxy groups -OCH3 is 1. The van der Waals surface area contributed by atoms with Crippen molar-refractivity contribution in [3.8, 4) is 0 Å². The molecule has 0 saturated carbocycles. The third-order valence-electron chi connectivity index (χ3n) is 3.30. The number of carbonyl (C=O) groups is 1. The normalized spacial score (nSPS) is 25.2. The van der Waals surface area contributed by atoms with Gasteiger partial charge >= 0.3 is 5.97 Å². The largest absolute Gasteiger partial charge is 0.481 e. The van der Waals surface area contributed by atoms with Gasteiger partial charge in [-0.15, -0.1) is 0 Å². The minimum atomic E-state index is -1.05. The molecule has 0 bridgehead atoms. The standard InChI is InChI=1S/C13H15N3O5/c1-7-10(12(17)18)11(15-13(14-7)21-2)8-4-3-5-9(6-8)16(19)20/h3-7,10,13-14H,1-2H3,(H,17,18). The summed E-state index contributed by atoms with van der Waals surface area (Å²) in [5.41, 5.74) is 0.566. The molecule has 1 aliphatic heterocycles. The van der Waals surface area contributed by atoms with Crippen LogP contribution in [0.2, 0.25) is 0 Å². The second kappa shape index (κ2) is 5.98. The van der Waals surface area contributed by atoms with Crippen molar-refractivity contribution in [2.45, 2.75) is 19.3 Å². The van der Waals surface area contributed by atoms with Crippen LogP contribution >= 0.6 is 0 Å². The van der Waals surface area contributed by atoms with Gasteiger partial charge in [-0.2, -0.15) is 0 Å². The molecule has 0 aliphatic carbocycles. The first-order valence-corrected chi connectivity index (χ1v) is 6.28. The summed E-state index contributed by atoms with van der Waals surface area (Å²) in [7, 11) is 1.44. The number of aliphatic carboxylic acids is 1. The summed E-state index contributed by atoms with van der Waals surface area (Å²) < 4.78 is 5.09. The minimum Gasteiger partial charge on any atom is -0.481 e. The molecular formula is C13H15N3O5. The topological polar surface area (TPSA) is 114 Å². The van der Waals surface area contributed by atoms with E-state index in [1.807, 2.05) is 0 Å². The van der Waals surface area contributed by atoms with Crippen LogP contribution in [0.5, 0.6) is 0 Å². The summed E-state index contributed by atoms with van der Waals surface area (Å²) in [5.74, 6) is -1.95. The average molecular weight is 293 g/mol. The summed E-state index contributed by atoms with van der Waals surface area (Å²) in [6.07, 6.45) is -0.676. The number of non-ortho nitro benzene ring substituents is 1. The first-order chi connectivity index (χ1) is 9.93. The minimum absolute atomic E-state index is 0.112. The van der Waals surface area contributed by atoms with Gasteiger partial charge < -0.3 is 9.84 Å². The van der Waals surface area contributed by atoms with Gasteiger partial charge in [0.25, 0.3) is 5.69 Å². The van der Waals surface area contributed by atoms with Crippen molar-refractivity contribution in [1.82, 2.24) is 5.32 Å². The van der Waals surface area contributed by atoms with Gasteiger partial charge in [-0.3, -0.25) is 20.2 Å². The van der Waals surface area contributed by atoms with Gasteiger partial charge in [0.05, 0.1) is 10.6 Å². The Morgan fingerprint density at radius 1 is 1.52 bits per heavy atom. The van der Waals surface area contributed by atoms with Gasteiger partial charge in [-0.25, -0.2) is 4.99 Å². The van der Waals surface area contributed by atoms with Crippen LogP contribution in [-0.4, -0.2) is 41.2 Å². The fourth-order valence-corrected chi connectivity index (χ4v) is 2.29. The SMILES string of the molecule is COC1N=C(c2cccc([N+](=O)[O-])c2)C(C(=O)O)C(C)N1. The number of hydrogen-bond donors (Lipinski definition) is 2. The van der Waals surface area contributed by atoms with Crippen LogP contribution in [0, 0.1) is 16.0 Å². The average Bonchev–Trinajstić information content (AvgIpc) is 2.45. The summed E-state index contributed by atoms with van der Waals surface area (Å²) >= 11 is 0. The number of benzene rings is 1. The Labute approximate surface area is 120 Å². The van der Waals surface area contributed by atoms with Crippen LogP contribution in [0.3, 0.4) is 0 Å². The van der Waals surface area contributed by atoms with Gasteiger partial charge in [0.15, 0.2) is 0 Å². The van der Waals surface area contributed by atoms with Crippen molar-refractivity contribution in [3.05, 3.63) is 39.9 Å². The molecule has 0 saturated heterocycles. The van der Waals surface area contributed by atoms with Crippen LogP contribution in [0.25, 0.3) is 0 Å². The van der Waals surface area contributed by atoms with E-state index in [9.17, 15) is 20.0 Å². The predicted octanol–water partition coefficient (Wildman–Crippen LogP) is 1.01. The predicted molar refractivity (Wildman–Crippen MR) is 74.2 cm³/mol. The number of nitro benzene ring substituents is 1. The molecule has 0 spiro atoms. The van der Waals surface area contributed by atoms with Crippen LogP contribution < -0.4 is 5.32 Å². The number of nitrogens with zero attached hydrogens (tertiary/aromatic N) is 2. The number of ether oxygens (including phenoxy) is 1. The number of carboxylic acid groups (broad SMARTS) is 1.